The number of nitrogens with zero attached hydrogens (tertiary/aromatic N) is 1. The molecular weight excluding hydrogens is 252 g/mol. The Bertz CT molecular complexity index is 267. The third-order valence-electron chi connectivity index (χ3n) is 4.69. The van der Waals surface area contributed by atoms with E-state index in [0.29, 0.717) is 25.3 Å². The Labute approximate surface area is 123 Å². The predicted molar refractivity (Wildman–Crippen MR) is 81.9 cm³/mol. The second kappa shape index (κ2) is 8.32. The molecule has 0 aromatic heterocycles. The first-order chi connectivity index (χ1) is 9.65. The van der Waals surface area contributed by atoms with Gasteiger partial charge in [-0.2, -0.15) is 0 Å². The number of nitrogens with one attached hydrogen (secondary N) is 1. The smallest absolute Gasteiger partial charge is 0.0897 e. The van der Waals surface area contributed by atoms with Gasteiger partial charge in [0.15, 0.2) is 0 Å². The topological polar surface area (TPSA) is 44.7 Å². The van der Waals surface area contributed by atoms with Crippen molar-refractivity contribution >= 4 is 0 Å². The average Bonchev–Trinajstić information content (AvgIpc) is 3.07. The first kappa shape index (κ1) is 16.2. The number of hydrogen-bond acceptors (Lipinski definition) is 4. The molecule has 0 amide bonds. The van der Waals surface area contributed by atoms with Crippen LogP contribution in [0.4, 0.5) is 0 Å². The van der Waals surface area contributed by atoms with Crippen molar-refractivity contribution in [1.82, 2.24) is 10.2 Å². The zero-order valence-corrected chi connectivity index (χ0v) is 13.2. The zero-order valence-electron chi connectivity index (χ0n) is 13.2. The zero-order chi connectivity index (χ0) is 14.4. The molecule has 2 atom stereocenters. The van der Waals surface area contributed by atoms with Crippen LogP contribution >= 0.6 is 0 Å². The summed E-state index contributed by atoms with van der Waals surface area (Å²) >= 11 is 0. The quantitative estimate of drug-likeness (QED) is 0.711. The van der Waals surface area contributed by atoms with Crippen LogP contribution in [0.1, 0.15) is 46.0 Å². The number of hydrogen-bond donors (Lipinski definition) is 2. The van der Waals surface area contributed by atoms with Gasteiger partial charge in [-0.1, -0.05) is 12.8 Å². The molecule has 2 unspecified atom stereocenters. The number of likely N-dealkylation sites (tertiary alicyclic amines) is 1. The van der Waals surface area contributed by atoms with Gasteiger partial charge in [0.1, 0.15) is 0 Å². The minimum atomic E-state index is -0.363. The van der Waals surface area contributed by atoms with Crippen molar-refractivity contribution in [3.05, 3.63) is 0 Å². The summed E-state index contributed by atoms with van der Waals surface area (Å²) in [5.41, 5.74) is 0. The number of aliphatic hydroxyl groups is 1. The Morgan fingerprint density at radius 3 is 2.65 bits per heavy atom. The first-order valence-corrected chi connectivity index (χ1v) is 8.39. The average molecular weight is 284 g/mol. The molecule has 2 N–H and O–H groups in total. The summed E-state index contributed by atoms with van der Waals surface area (Å²) in [7, 11) is 0. The largest absolute Gasteiger partial charge is 0.389 e. The van der Waals surface area contributed by atoms with Gasteiger partial charge in [0.2, 0.25) is 0 Å². The second-order valence-electron chi connectivity index (χ2n) is 6.80. The van der Waals surface area contributed by atoms with Crippen molar-refractivity contribution in [2.24, 2.45) is 5.92 Å². The van der Waals surface area contributed by atoms with Gasteiger partial charge in [-0.05, 0) is 52.1 Å². The third-order valence-corrected chi connectivity index (χ3v) is 4.69. The molecule has 0 aromatic rings. The molecule has 2 fully saturated rings. The van der Waals surface area contributed by atoms with Gasteiger partial charge in [0.25, 0.3) is 0 Å². The molecule has 0 bridgehead atoms. The maximum Gasteiger partial charge on any atom is 0.0897 e. The maximum atomic E-state index is 9.93. The van der Waals surface area contributed by atoms with Crippen LogP contribution < -0.4 is 5.32 Å². The summed E-state index contributed by atoms with van der Waals surface area (Å²) in [4.78, 5) is 2.53. The highest BCUT2D eigenvalue weighted by molar-refractivity contribution is 4.79. The van der Waals surface area contributed by atoms with Gasteiger partial charge in [-0.3, -0.25) is 0 Å². The van der Waals surface area contributed by atoms with Gasteiger partial charge in [0.05, 0.1) is 18.8 Å². The molecule has 20 heavy (non-hydrogen) atoms. The lowest BCUT2D eigenvalue weighted by Crippen LogP contribution is -2.35. The summed E-state index contributed by atoms with van der Waals surface area (Å²) in [6.45, 7) is 9.10. The standard InChI is InChI=1S/C16H32N2O2/c1-13(2)18-8-7-14(11-18)9-17-10-15(19)12-20-16-5-3-4-6-16/h13-17,19H,3-12H2,1-2H3. The van der Waals surface area contributed by atoms with Crippen molar-refractivity contribution in [1.29, 1.82) is 0 Å². The van der Waals surface area contributed by atoms with Crippen LogP contribution in [0.5, 0.6) is 0 Å². The number of ether oxygens (including phenoxy) is 1. The third kappa shape index (κ3) is 5.32. The summed E-state index contributed by atoms with van der Waals surface area (Å²) in [6.07, 6.45) is 6.23. The van der Waals surface area contributed by atoms with E-state index in [-0.39, 0.29) is 6.10 Å². The van der Waals surface area contributed by atoms with Crippen molar-refractivity contribution in [3.63, 3.8) is 0 Å². The van der Waals surface area contributed by atoms with Crippen molar-refractivity contribution < 1.29 is 9.84 Å². The highest BCUT2D eigenvalue weighted by Gasteiger charge is 2.24. The van der Waals surface area contributed by atoms with E-state index in [1.165, 1.54) is 45.2 Å². The molecule has 1 heterocycles. The lowest BCUT2D eigenvalue weighted by Gasteiger charge is -2.20. The van der Waals surface area contributed by atoms with E-state index in [2.05, 4.69) is 24.1 Å². The van der Waals surface area contributed by atoms with E-state index in [4.69, 9.17) is 4.74 Å². The first-order valence-electron chi connectivity index (χ1n) is 8.39. The van der Waals surface area contributed by atoms with E-state index in [0.717, 1.165) is 12.5 Å². The molecule has 4 nitrogen and oxygen atoms in total. The van der Waals surface area contributed by atoms with Crippen LogP contribution in [0.15, 0.2) is 0 Å². The molecule has 0 radical (unpaired) electrons. The SMILES string of the molecule is CC(C)N1CCC(CNCC(O)COC2CCCC2)C1. The van der Waals surface area contributed by atoms with Crippen LogP contribution in [0.3, 0.4) is 0 Å². The fourth-order valence-electron chi connectivity index (χ4n) is 3.31. The van der Waals surface area contributed by atoms with Crippen molar-refractivity contribution in [2.45, 2.75) is 64.2 Å². The second-order valence-corrected chi connectivity index (χ2v) is 6.80. The van der Waals surface area contributed by atoms with E-state index in [9.17, 15) is 5.11 Å². The predicted octanol–water partition coefficient (Wildman–Crippen LogP) is 1.63. The van der Waals surface area contributed by atoms with E-state index in [1.807, 2.05) is 0 Å². The van der Waals surface area contributed by atoms with Crippen LogP contribution in [0.2, 0.25) is 0 Å². The fourth-order valence-corrected chi connectivity index (χ4v) is 3.31. The Morgan fingerprint density at radius 2 is 2.00 bits per heavy atom. The van der Waals surface area contributed by atoms with Crippen LogP contribution in [-0.4, -0.2) is 61.0 Å². The molecule has 2 rings (SSSR count). The van der Waals surface area contributed by atoms with E-state index < -0.39 is 0 Å². The molecule has 118 valence electrons. The van der Waals surface area contributed by atoms with Crippen LogP contribution in [0.25, 0.3) is 0 Å². The Kier molecular flexibility index (Phi) is 6.75. The highest BCUT2D eigenvalue weighted by atomic mass is 16.5. The molecule has 1 aliphatic heterocycles. The number of rotatable bonds is 8. The Balaban J connectivity index is 1.50. The summed E-state index contributed by atoms with van der Waals surface area (Å²) < 4.78 is 5.74. The van der Waals surface area contributed by atoms with Crippen LogP contribution in [0, 0.1) is 5.92 Å². The molecule has 4 heteroatoms. The van der Waals surface area contributed by atoms with E-state index >= 15 is 0 Å². The summed E-state index contributed by atoms with van der Waals surface area (Å²) in [5.74, 6) is 0.736. The van der Waals surface area contributed by atoms with Crippen molar-refractivity contribution in [3.8, 4) is 0 Å². The maximum absolute atomic E-state index is 9.93. The van der Waals surface area contributed by atoms with Gasteiger partial charge >= 0.3 is 0 Å². The monoisotopic (exact) mass is 284 g/mol. The fraction of sp³-hybridized carbons (Fsp3) is 1.00. The summed E-state index contributed by atoms with van der Waals surface area (Å²) in [5, 5.41) is 13.3. The minimum Gasteiger partial charge on any atom is -0.389 e. The molecule has 1 aliphatic carbocycles. The normalized spacial score (nSPS) is 26.7. The lowest BCUT2D eigenvalue weighted by atomic mass is 10.1. The molecular formula is C16H32N2O2. The van der Waals surface area contributed by atoms with Crippen LogP contribution in [-0.2, 0) is 4.74 Å². The molecule has 2 aliphatic rings. The molecule has 1 saturated carbocycles. The van der Waals surface area contributed by atoms with Crippen molar-refractivity contribution in [2.75, 3.05) is 32.8 Å². The molecule has 0 spiro atoms. The van der Waals surface area contributed by atoms with Gasteiger partial charge in [-0.25, -0.2) is 0 Å². The molecule has 1 saturated heterocycles. The minimum absolute atomic E-state index is 0.363. The molecule has 0 aromatic carbocycles. The number of aliphatic hydroxyl groups excluding tert-OH is 1. The van der Waals surface area contributed by atoms with E-state index in [1.54, 1.807) is 0 Å². The Hall–Kier alpha value is -0.160. The lowest BCUT2D eigenvalue weighted by molar-refractivity contribution is -0.00559. The van der Waals surface area contributed by atoms with Gasteiger partial charge in [0, 0.05) is 19.1 Å². The van der Waals surface area contributed by atoms with Gasteiger partial charge in [-0.15, -0.1) is 0 Å². The summed E-state index contributed by atoms with van der Waals surface area (Å²) in [6, 6.07) is 0.658. The Morgan fingerprint density at radius 1 is 1.25 bits per heavy atom. The van der Waals surface area contributed by atoms with Gasteiger partial charge < -0.3 is 20.1 Å². The highest BCUT2D eigenvalue weighted by Crippen LogP contribution is 2.21.